The van der Waals surface area contributed by atoms with Crippen LogP contribution in [0, 0.1) is 22.7 Å². The number of rotatable bonds is 4. The van der Waals surface area contributed by atoms with E-state index in [1.165, 1.54) is 0 Å². The molecule has 0 unspecified atom stereocenters. The van der Waals surface area contributed by atoms with E-state index in [0.29, 0.717) is 22.6 Å². The predicted molar refractivity (Wildman–Crippen MR) is 326 cm³/mol. The van der Waals surface area contributed by atoms with Crippen molar-refractivity contribution < 1.29 is 4.74 Å². The van der Waals surface area contributed by atoms with Crippen LogP contribution in [0.25, 0.3) is 121 Å². The molecule has 0 atom stereocenters. The summed E-state index contributed by atoms with van der Waals surface area (Å²) < 4.78 is 17.2. The first-order valence-corrected chi connectivity index (χ1v) is 27.4. The maximum Gasteiger partial charge on any atom is 0.156 e. The van der Waals surface area contributed by atoms with Crippen LogP contribution in [0.2, 0.25) is 0 Å². The fourth-order valence-corrected chi connectivity index (χ4v) is 14.3. The van der Waals surface area contributed by atoms with E-state index in [2.05, 4.69) is 237 Å². The zero-order valence-electron chi connectivity index (χ0n) is 43.6. The van der Waals surface area contributed by atoms with E-state index in [1.54, 1.807) is 0 Å². The molecular weight excluding hydrogens is 1000 g/mol. The van der Waals surface area contributed by atoms with Gasteiger partial charge in [-0.25, -0.2) is 0 Å². The van der Waals surface area contributed by atoms with E-state index in [0.717, 1.165) is 144 Å². The first kappa shape index (κ1) is 44.5. The third kappa shape index (κ3) is 5.67. The lowest BCUT2D eigenvalue weighted by Crippen LogP contribution is -2.33. The van der Waals surface area contributed by atoms with Gasteiger partial charge >= 0.3 is 0 Å². The second-order valence-electron chi connectivity index (χ2n) is 21.5. The molecule has 0 saturated heterocycles. The number of fused-ring (bicyclic) bond motifs is 21. The van der Waals surface area contributed by atoms with Gasteiger partial charge in [0, 0.05) is 65.3 Å². The zero-order chi connectivity index (χ0) is 53.9. The SMILES string of the molecule is N#Cc1ccc2c(c1)c1ccccc1n2-c1cccc2c1Oc1c(-n3c4ccccc4c4cc(C#N)ccc43)cccc1C21c2cc(-n3c4ccccc4c4ccccc43)cnc2-c2ncc(-n3c4ccccc4c4ccccc43)cc21. The minimum absolute atomic E-state index is 0.588. The van der Waals surface area contributed by atoms with E-state index in [1.807, 2.05) is 36.7 Å². The number of para-hydroxylation sites is 8. The zero-order valence-corrected chi connectivity index (χ0v) is 43.6. The molecule has 18 rings (SSSR count). The first-order chi connectivity index (χ1) is 40.6. The van der Waals surface area contributed by atoms with Crippen LogP contribution < -0.4 is 4.74 Å². The molecule has 9 nitrogen and oxygen atoms in total. The molecule has 9 heteroatoms. The second-order valence-corrected chi connectivity index (χ2v) is 21.5. The number of nitrogens with zero attached hydrogens (tertiary/aromatic N) is 8. The number of nitriles is 2. The largest absolute Gasteiger partial charge is 0.452 e. The lowest BCUT2D eigenvalue weighted by Gasteiger charge is -2.40. The van der Waals surface area contributed by atoms with Gasteiger partial charge in [-0.1, -0.05) is 133 Å². The third-order valence-corrected chi connectivity index (χ3v) is 17.5. The fourth-order valence-electron chi connectivity index (χ4n) is 14.3. The molecule has 7 heterocycles. The topological polar surface area (TPSA) is 102 Å². The Morgan fingerprint density at radius 2 is 0.646 bits per heavy atom. The molecule has 0 radical (unpaired) electrons. The van der Waals surface area contributed by atoms with E-state index in [9.17, 15) is 10.5 Å². The highest BCUT2D eigenvalue weighted by Crippen LogP contribution is 2.64. The van der Waals surface area contributed by atoms with Crippen molar-refractivity contribution in [2.45, 2.75) is 5.41 Å². The van der Waals surface area contributed by atoms with E-state index >= 15 is 0 Å². The average molecular weight is 1050 g/mol. The highest BCUT2D eigenvalue weighted by molar-refractivity contribution is 6.13. The van der Waals surface area contributed by atoms with Crippen LogP contribution in [-0.4, -0.2) is 28.2 Å². The van der Waals surface area contributed by atoms with Crippen molar-refractivity contribution in [1.82, 2.24) is 28.2 Å². The van der Waals surface area contributed by atoms with Gasteiger partial charge in [-0.05, 0) is 97.1 Å². The molecule has 2 aliphatic rings. The molecule has 0 fully saturated rings. The number of benzene rings is 10. The van der Waals surface area contributed by atoms with Gasteiger partial charge < -0.3 is 23.0 Å². The summed E-state index contributed by atoms with van der Waals surface area (Å²) in [4.78, 5) is 11.2. The molecule has 0 saturated carbocycles. The van der Waals surface area contributed by atoms with Crippen molar-refractivity contribution in [3.05, 3.63) is 276 Å². The maximum absolute atomic E-state index is 10.2. The summed E-state index contributed by atoms with van der Waals surface area (Å²) in [6, 6.07) is 85.8. The van der Waals surface area contributed by atoms with Crippen LogP contribution in [0.3, 0.4) is 0 Å². The number of aromatic nitrogens is 6. The normalized spacial score (nSPS) is 13.0. The molecule has 1 aliphatic heterocycles. The molecule has 16 aromatic rings. The first-order valence-electron chi connectivity index (χ1n) is 27.4. The van der Waals surface area contributed by atoms with Crippen molar-refractivity contribution in [2.24, 2.45) is 0 Å². The van der Waals surface area contributed by atoms with Gasteiger partial charge in [0.2, 0.25) is 0 Å². The summed E-state index contributed by atoms with van der Waals surface area (Å²) in [6.45, 7) is 0. The monoisotopic (exact) mass is 1040 g/mol. The lowest BCUT2D eigenvalue weighted by atomic mass is 9.66. The molecule has 0 amide bonds. The van der Waals surface area contributed by atoms with E-state index in [-0.39, 0.29) is 0 Å². The van der Waals surface area contributed by atoms with Gasteiger partial charge in [0.05, 0.1) is 119 Å². The number of hydrogen-bond donors (Lipinski definition) is 0. The standard InChI is InChI=1S/C73H40N8O/c74-39-43-31-33-65-53(35-43)51-19-5-11-27-63(51)80(65)67-29-13-21-55-71(67)82-72-56(22-14-30-68(72)81-64-28-12-6-20-52(64)54-36-44(40-75)32-34-66(54)81)73(55)57-37-45(78-59-23-7-1-15-47(59)48-16-2-8-24-60(48)78)41-76-69(57)70-58(73)38-46(42-77-70)79-61-25-9-3-17-49(61)50-18-4-10-26-62(50)79/h1-38,41-42H. The van der Waals surface area contributed by atoms with Crippen LogP contribution in [0.1, 0.15) is 33.4 Å². The molecule has 0 bridgehead atoms. The number of hydrogen-bond acceptors (Lipinski definition) is 5. The second kappa shape index (κ2) is 16.3. The van der Waals surface area contributed by atoms with Crippen molar-refractivity contribution in [3.8, 4) is 57.8 Å². The Balaban J connectivity index is 1.02. The quantitative estimate of drug-likeness (QED) is 0.175. The van der Waals surface area contributed by atoms with Gasteiger partial charge in [-0.3, -0.25) is 9.97 Å². The summed E-state index contributed by atoms with van der Waals surface area (Å²) in [7, 11) is 0. The van der Waals surface area contributed by atoms with Crippen LogP contribution in [0.5, 0.6) is 11.5 Å². The van der Waals surface area contributed by atoms with Gasteiger partial charge in [-0.2, -0.15) is 10.5 Å². The summed E-state index contributed by atoms with van der Waals surface area (Å²) in [5.41, 5.74) is 17.1. The van der Waals surface area contributed by atoms with Crippen molar-refractivity contribution >= 4 is 87.2 Å². The fraction of sp³-hybridized carbons (Fsp3) is 0.0137. The average Bonchev–Trinajstić information content (AvgIpc) is 2.81. The molecule has 1 spiro atoms. The molecule has 378 valence electrons. The highest BCUT2D eigenvalue weighted by atomic mass is 16.5. The highest BCUT2D eigenvalue weighted by Gasteiger charge is 2.54. The number of pyridine rings is 2. The number of ether oxygens (including phenoxy) is 1. The molecule has 6 aromatic heterocycles. The van der Waals surface area contributed by atoms with Gasteiger partial charge in [-0.15, -0.1) is 0 Å². The van der Waals surface area contributed by atoms with E-state index in [4.69, 9.17) is 14.7 Å². The Labute approximate surface area is 467 Å². The Morgan fingerprint density at radius 3 is 1.01 bits per heavy atom. The van der Waals surface area contributed by atoms with Crippen molar-refractivity contribution in [1.29, 1.82) is 10.5 Å². The van der Waals surface area contributed by atoms with Gasteiger partial charge in [0.25, 0.3) is 0 Å². The summed E-state index contributed by atoms with van der Waals surface area (Å²) in [5.74, 6) is 1.34. The third-order valence-electron chi connectivity index (χ3n) is 17.5. The Kier molecular flexibility index (Phi) is 8.83. The van der Waals surface area contributed by atoms with Gasteiger partial charge in [0.15, 0.2) is 11.5 Å². The van der Waals surface area contributed by atoms with Crippen molar-refractivity contribution in [3.63, 3.8) is 0 Å². The van der Waals surface area contributed by atoms with Crippen molar-refractivity contribution in [2.75, 3.05) is 0 Å². The Bertz CT molecular complexity index is 5170. The maximum atomic E-state index is 10.2. The summed E-state index contributed by atoms with van der Waals surface area (Å²) in [5, 5.41) is 29.1. The molecule has 1 aliphatic carbocycles. The van der Waals surface area contributed by atoms with E-state index < -0.39 is 5.41 Å². The predicted octanol–water partition coefficient (Wildman–Crippen LogP) is 17.1. The Morgan fingerprint density at radius 1 is 0.317 bits per heavy atom. The Hall–Kier alpha value is -11.5. The van der Waals surface area contributed by atoms with Crippen LogP contribution in [0.4, 0.5) is 0 Å². The minimum atomic E-state index is -1.12. The molecule has 10 aromatic carbocycles. The van der Waals surface area contributed by atoms with Crippen LogP contribution in [0.15, 0.2) is 243 Å². The summed E-state index contributed by atoms with van der Waals surface area (Å²) >= 11 is 0. The molecule has 82 heavy (non-hydrogen) atoms. The summed E-state index contributed by atoms with van der Waals surface area (Å²) in [6.07, 6.45) is 4.02. The minimum Gasteiger partial charge on any atom is -0.452 e. The lowest BCUT2D eigenvalue weighted by molar-refractivity contribution is 0.433. The molecular formula is C73H40N8O. The van der Waals surface area contributed by atoms with Crippen LogP contribution >= 0.6 is 0 Å². The van der Waals surface area contributed by atoms with Crippen LogP contribution in [-0.2, 0) is 5.41 Å². The van der Waals surface area contributed by atoms with Gasteiger partial charge in [0.1, 0.15) is 0 Å². The smallest absolute Gasteiger partial charge is 0.156 e. The molecule has 0 N–H and O–H groups in total.